The van der Waals surface area contributed by atoms with Gasteiger partial charge < -0.3 is 5.32 Å². The highest BCUT2D eigenvalue weighted by Gasteiger charge is 2.21. The Morgan fingerprint density at radius 2 is 1.83 bits per heavy atom. The Hall–Kier alpha value is -4.07. The van der Waals surface area contributed by atoms with Crippen LogP contribution in [0, 0.1) is 24.0 Å². The van der Waals surface area contributed by atoms with Gasteiger partial charge in [0.1, 0.15) is 0 Å². The molecule has 0 atom stereocenters. The van der Waals surface area contributed by atoms with Gasteiger partial charge in [-0.25, -0.2) is 4.98 Å². The molecule has 1 N–H and O–H groups in total. The average Bonchev–Trinajstić information content (AvgIpc) is 3.03. The highest BCUT2D eigenvalue weighted by molar-refractivity contribution is 6.13. The Balaban J connectivity index is 1.85. The summed E-state index contributed by atoms with van der Waals surface area (Å²) in [7, 11) is 1.78. The van der Waals surface area contributed by atoms with E-state index in [1.807, 2.05) is 37.3 Å². The van der Waals surface area contributed by atoms with Crippen molar-refractivity contribution in [2.45, 2.75) is 13.8 Å². The van der Waals surface area contributed by atoms with Crippen LogP contribution in [0.3, 0.4) is 0 Å². The number of anilines is 1. The van der Waals surface area contributed by atoms with Crippen LogP contribution in [0.4, 0.5) is 11.4 Å². The zero-order valence-electron chi connectivity index (χ0n) is 16.7. The van der Waals surface area contributed by atoms with E-state index < -0.39 is 4.92 Å². The summed E-state index contributed by atoms with van der Waals surface area (Å²) in [5.74, 6) is -0.376. The van der Waals surface area contributed by atoms with Crippen LogP contribution in [-0.2, 0) is 7.05 Å². The van der Waals surface area contributed by atoms with Crippen LogP contribution in [0.25, 0.3) is 22.3 Å². The lowest BCUT2D eigenvalue weighted by Gasteiger charge is -2.11. The monoisotopic (exact) mass is 401 g/mol. The topological polar surface area (TPSA) is 103 Å². The second kappa shape index (κ2) is 7.40. The molecule has 0 spiro atoms. The van der Waals surface area contributed by atoms with Crippen molar-refractivity contribution >= 4 is 28.3 Å². The minimum Gasteiger partial charge on any atom is -0.321 e. The Bertz CT molecular complexity index is 1300. The van der Waals surface area contributed by atoms with Crippen LogP contribution in [-0.4, -0.2) is 25.6 Å². The minimum atomic E-state index is -0.464. The number of nitrogens with zero attached hydrogens (tertiary/aromatic N) is 4. The summed E-state index contributed by atoms with van der Waals surface area (Å²) in [5.41, 5.74) is 3.95. The summed E-state index contributed by atoms with van der Waals surface area (Å²) in [6, 6.07) is 15.9. The number of carbonyl (C=O) groups excluding carboxylic acids is 1. The minimum absolute atomic E-state index is 0.0461. The number of amides is 1. The van der Waals surface area contributed by atoms with Gasteiger partial charge in [0.15, 0.2) is 5.65 Å². The maximum atomic E-state index is 13.3. The molecule has 0 aliphatic rings. The number of hydrogen-bond acceptors (Lipinski definition) is 5. The number of hydrogen-bond donors (Lipinski definition) is 1. The molecule has 0 saturated heterocycles. The standard InChI is InChI=1S/C22H19N5O3/c1-13-17(10-7-11-19(13)27(29)30)24-22(28)16-12-18(15-8-5-4-6-9-15)23-21-20(16)14(2)25-26(21)3/h4-12H,1-3H3,(H,24,28). The van der Waals surface area contributed by atoms with Gasteiger partial charge >= 0.3 is 0 Å². The van der Waals surface area contributed by atoms with Crippen molar-refractivity contribution in [1.82, 2.24) is 14.8 Å². The molecule has 150 valence electrons. The molecule has 0 aliphatic carbocycles. The van der Waals surface area contributed by atoms with Crippen molar-refractivity contribution in [3.8, 4) is 11.3 Å². The number of pyridine rings is 1. The molecule has 0 radical (unpaired) electrons. The highest BCUT2D eigenvalue weighted by Crippen LogP contribution is 2.29. The molecular formula is C22H19N5O3. The van der Waals surface area contributed by atoms with Gasteiger partial charge in [0.05, 0.1) is 38.5 Å². The lowest BCUT2D eigenvalue weighted by molar-refractivity contribution is -0.385. The molecule has 1 amide bonds. The summed E-state index contributed by atoms with van der Waals surface area (Å²) in [6.45, 7) is 3.43. The molecule has 8 heteroatoms. The number of nitro benzene ring substituents is 1. The fraction of sp³-hybridized carbons (Fsp3) is 0.136. The van der Waals surface area contributed by atoms with E-state index in [4.69, 9.17) is 4.98 Å². The summed E-state index contributed by atoms with van der Waals surface area (Å²) >= 11 is 0. The van der Waals surface area contributed by atoms with Gasteiger partial charge in [-0.2, -0.15) is 5.10 Å². The number of nitrogens with one attached hydrogen (secondary N) is 1. The summed E-state index contributed by atoms with van der Waals surface area (Å²) in [4.78, 5) is 28.7. The highest BCUT2D eigenvalue weighted by atomic mass is 16.6. The van der Waals surface area contributed by atoms with E-state index in [2.05, 4.69) is 10.4 Å². The first kappa shape index (κ1) is 19.3. The Morgan fingerprint density at radius 3 is 2.53 bits per heavy atom. The molecule has 0 fully saturated rings. The van der Waals surface area contributed by atoms with Gasteiger partial charge in [-0.1, -0.05) is 36.4 Å². The second-order valence-corrected chi connectivity index (χ2v) is 6.99. The number of benzene rings is 2. The summed E-state index contributed by atoms with van der Waals surface area (Å²) in [5, 5.41) is 19.1. The second-order valence-electron chi connectivity index (χ2n) is 6.99. The van der Waals surface area contributed by atoms with E-state index in [9.17, 15) is 14.9 Å². The van der Waals surface area contributed by atoms with Crippen molar-refractivity contribution in [1.29, 1.82) is 0 Å². The van der Waals surface area contributed by atoms with Crippen LogP contribution in [0.1, 0.15) is 21.6 Å². The quantitative estimate of drug-likeness (QED) is 0.403. The number of fused-ring (bicyclic) bond motifs is 1. The Morgan fingerprint density at radius 1 is 1.10 bits per heavy atom. The molecule has 0 bridgehead atoms. The molecule has 4 aromatic rings. The van der Waals surface area contributed by atoms with Crippen LogP contribution in [0.2, 0.25) is 0 Å². The smallest absolute Gasteiger partial charge is 0.274 e. The third kappa shape index (κ3) is 3.28. The van der Waals surface area contributed by atoms with E-state index in [-0.39, 0.29) is 11.6 Å². The molecular weight excluding hydrogens is 382 g/mol. The van der Waals surface area contributed by atoms with Crippen LogP contribution in [0.15, 0.2) is 54.6 Å². The van der Waals surface area contributed by atoms with Crippen LogP contribution >= 0.6 is 0 Å². The third-order valence-electron chi connectivity index (χ3n) is 5.03. The molecule has 8 nitrogen and oxygen atoms in total. The van der Waals surface area contributed by atoms with E-state index in [0.717, 1.165) is 5.56 Å². The lowest BCUT2D eigenvalue weighted by Crippen LogP contribution is -2.14. The van der Waals surface area contributed by atoms with Gasteiger partial charge in [0.2, 0.25) is 0 Å². The number of rotatable bonds is 4. The lowest BCUT2D eigenvalue weighted by atomic mass is 10.0. The normalized spacial score (nSPS) is 10.9. The zero-order valence-corrected chi connectivity index (χ0v) is 16.7. The number of aromatic nitrogens is 3. The number of nitro groups is 1. The first-order chi connectivity index (χ1) is 14.4. The fourth-order valence-electron chi connectivity index (χ4n) is 3.53. The average molecular weight is 401 g/mol. The first-order valence-electron chi connectivity index (χ1n) is 9.32. The molecule has 0 aliphatic heterocycles. The van der Waals surface area contributed by atoms with Crippen LogP contribution in [0.5, 0.6) is 0 Å². The molecule has 4 rings (SSSR count). The van der Waals surface area contributed by atoms with Gasteiger partial charge in [-0.3, -0.25) is 19.6 Å². The molecule has 2 aromatic heterocycles. The Labute approximate surface area is 172 Å². The van der Waals surface area contributed by atoms with E-state index in [1.54, 1.807) is 36.9 Å². The van der Waals surface area contributed by atoms with Crippen molar-refractivity contribution in [3.05, 3.63) is 81.5 Å². The van der Waals surface area contributed by atoms with Gasteiger partial charge in [0.25, 0.3) is 11.6 Å². The van der Waals surface area contributed by atoms with Gasteiger partial charge in [-0.05, 0) is 26.0 Å². The van der Waals surface area contributed by atoms with Gasteiger partial charge in [0, 0.05) is 18.7 Å². The summed E-state index contributed by atoms with van der Waals surface area (Å²) < 4.78 is 1.65. The zero-order chi connectivity index (χ0) is 21.4. The third-order valence-corrected chi connectivity index (χ3v) is 5.03. The van der Waals surface area contributed by atoms with E-state index in [0.29, 0.717) is 39.2 Å². The fourth-order valence-corrected chi connectivity index (χ4v) is 3.53. The van der Waals surface area contributed by atoms with E-state index >= 15 is 0 Å². The maximum absolute atomic E-state index is 13.3. The van der Waals surface area contributed by atoms with Crippen molar-refractivity contribution < 1.29 is 9.72 Å². The van der Waals surface area contributed by atoms with Crippen molar-refractivity contribution in [2.24, 2.45) is 7.05 Å². The van der Waals surface area contributed by atoms with Gasteiger partial charge in [-0.15, -0.1) is 0 Å². The first-order valence-corrected chi connectivity index (χ1v) is 9.32. The predicted molar refractivity (Wildman–Crippen MR) is 114 cm³/mol. The summed E-state index contributed by atoms with van der Waals surface area (Å²) in [6.07, 6.45) is 0. The molecule has 2 aromatic carbocycles. The van der Waals surface area contributed by atoms with Crippen molar-refractivity contribution in [2.75, 3.05) is 5.32 Å². The molecule has 2 heterocycles. The van der Waals surface area contributed by atoms with Crippen molar-refractivity contribution in [3.63, 3.8) is 0 Å². The van der Waals surface area contributed by atoms with Crippen LogP contribution < -0.4 is 5.32 Å². The number of carbonyl (C=O) groups is 1. The predicted octanol–water partition coefficient (Wildman–Crippen LogP) is 4.41. The van der Waals surface area contributed by atoms with E-state index in [1.165, 1.54) is 6.07 Å². The maximum Gasteiger partial charge on any atom is 0.274 e. The molecule has 0 unspecified atom stereocenters. The molecule has 0 saturated carbocycles. The number of aryl methyl sites for hydroxylation is 2. The Kier molecular flexibility index (Phi) is 4.75. The molecule has 30 heavy (non-hydrogen) atoms. The largest absolute Gasteiger partial charge is 0.321 e. The SMILES string of the molecule is Cc1c(NC(=O)c2cc(-c3ccccc3)nc3c2c(C)nn3C)cccc1[N+](=O)[O-].